The molecule has 48 heavy (non-hydrogen) atoms. The summed E-state index contributed by atoms with van der Waals surface area (Å²) in [6, 6.07) is -2.19. The van der Waals surface area contributed by atoms with E-state index in [4.69, 9.17) is 57.1 Å². The van der Waals surface area contributed by atoms with Crippen molar-refractivity contribution in [2.24, 2.45) is 5.73 Å². The summed E-state index contributed by atoms with van der Waals surface area (Å²) in [5, 5.41) is 3.15. The molecule has 270 valence electrons. The number of amides is 1. The van der Waals surface area contributed by atoms with E-state index in [0.29, 0.717) is 13.1 Å². The zero-order valence-electron chi connectivity index (χ0n) is 29.0. The Kier molecular flexibility index (Phi) is 15.9. The first-order valence-corrected chi connectivity index (χ1v) is 20.1. The molecule has 3 fully saturated rings. The molecular weight excluding hydrogens is 686 g/mol. The molecule has 0 aromatic carbocycles. The van der Waals surface area contributed by atoms with Gasteiger partial charge in [0, 0.05) is 57.3 Å². The van der Waals surface area contributed by atoms with Gasteiger partial charge in [-0.25, -0.2) is 28.0 Å². The predicted octanol–water partition coefficient (Wildman–Crippen LogP) is -1.66. The lowest BCUT2D eigenvalue weighted by Gasteiger charge is -2.44. The summed E-state index contributed by atoms with van der Waals surface area (Å²) in [6.07, 6.45) is -1.86. The number of likely N-dealkylation sites (N-methyl/N-ethyl adjacent to an activating group) is 1. The molecule has 3 aliphatic rings. The third-order valence-corrected chi connectivity index (χ3v) is 15.3. The zero-order valence-corrected chi connectivity index (χ0v) is 31.6. The van der Waals surface area contributed by atoms with Gasteiger partial charge in [0.2, 0.25) is 5.91 Å². The second-order valence-electron chi connectivity index (χ2n) is 12.5. The van der Waals surface area contributed by atoms with Crippen LogP contribution in [-0.2, 0) is 46.3 Å². The molecule has 3 heterocycles. The summed E-state index contributed by atoms with van der Waals surface area (Å²) in [6.45, 7) is 0.727. The molecule has 0 saturated carbocycles. The molecule has 1 amide bonds. The minimum absolute atomic E-state index is 0.0351. The number of morpholine rings is 3. The Morgan fingerprint density at radius 2 is 1.15 bits per heavy atom. The zero-order chi connectivity index (χ0) is 36.0. The van der Waals surface area contributed by atoms with Crippen LogP contribution in [0.25, 0.3) is 0 Å². The Morgan fingerprint density at radius 1 is 0.708 bits per heavy atom. The predicted molar refractivity (Wildman–Crippen MR) is 183 cm³/mol. The average Bonchev–Trinajstić information content (AvgIpc) is 3.00. The maximum Gasteiger partial charge on any atom is 0.345 e. The highest BCUT2D eigenvalue weighted by Crippen LogP contribution is 2.56. The second kappa shape index (κ2) is 18.0. The Morgan fingerprint density at radius 3 is 1.56 bits per heavy atom. The Balaban J connectivity index is 1.68. The van der Waals surface area contributed by atoms with Gasteiger partial charge >= 0.3 is 23.0 Å². The highest BCUT2D eigenvalue weighted by molar-refractivity contribution is 7.54. The average molecular weight is 736 g/mol. The van der Waals surface area contributed by atoms with Crippen LogP contribution < -0.4 is 11.1 Å². The number of nitrogens with two attached hydrogens (primary N) is 1. The van der Waals surface area contributed by atoms with E-state index in [1.165, 1.54) is 25.7 Å². The van der Waals surface area contributed by atoms with Gasteiger partial charge in [-0.15, -0.1) is 0 Å². The number of primary amides is 1. The van der Waals surface area contributed by atoms with Crippen molar-refractivity contribution in [3.05, 3.63) is 0 Å². The third-order valence-electron chi connectivity index (χ3n) is 7.76. The molecule has 3 saturated heterocycles. The molecule has 3 N–H and O–H groups in total. The summed E-state index contributed by atoms with van der Waals surface area (Å²) in [7, 11) is 18.4. The Labute approximate surface area is 288 Å². The van der Waals surface area contributed by atoms with Crippen LogP contribution in [-0.4, -0.2) is 209 Å². The lowest BCUT2D eigenvalue weighted by Crippen LogP contribution is -2.51. The normalized spacial score (nSPS) is 31.9. The fourth-order valence-electron chi connectivity index (χ4n) is 5.40. The first kappa shape index (κ1) is 42.2. The summed E-state index contributed by atoms with van der Waals surface area (Å²) in [4.78, 5) is 11.5. The second-order valence-corrected chi connectivity index (χ2v) is 20.4. The van der Waals surface area contributed by atoms with Gasteiger partial charge in [-0.2, -0.15) is 0 Å². The van der Waals surface area contributed by atoms with Crippen LogP contribution in [0.5, 0.6) is 0 Å². The van der Waals surface area contributed by atoms with Crippen molar-refractivity contribution in [1.29, 1.82) is 0 Å². The van der Waals surface area contributed by atoms with E-state index in [1.807, 2.05) is 0 Å². The van der Waals surface area contributed by atoms with Crippen LogP contribution >= 0.6 is 23.0 Å². The molecular formula is C24H50B3N8O10P3. The number of ether oxygens (including phenoxy) is 3. The molecule has 0 spiro atoms. The van der Waals surface area contributed by atoms with Crippen molar-refractivity contribution < 1.29 is 46.3 Å². The fourth-order valence-corrected chi connectivity index (χ4v) is 11.2. The largest absolute Gasteiger partial charge is 0.380 e. The molecule has 3 rings (SSSR count). The van der Waals surface area contributed by atoms with Crippen LogP contribution in [0.4, 0.5) is 0 Å². The third kappa shape index (κ3) is 10.9. The first-order chi connectivity index (χ1) is 22.3. The molecule has 24 heteroatoms. The molecule has 5 unspecified atom stereocenters. The van der Waals surface area contributed by atoms with Crippen molar-refractivity contribution in [3.63, 3.8) is 0 Å². The number of carbonyl (C=O) groups excluding carboxylic acids is 1. The molecule has 0 aliphatic carbocycles. The Bertz CT molecular complexity index is 1220. The van der Waals surface area contributed by atoms with Crippen molar-refractivity contribution in [2.75, 3.05) is 115 Å². The number of hydrogen-bond acceptors (Lipinski definition) is 11. The maximum absolute atomic E-state index is 14.4. The highest BCUT2D eigenvalue weighted by atomic mass is 31.2. The van der Waals surface area contributed by atoms with Gasteiger partial charge in [-0.1, -0.05) is 0 Å². The molecule has 0 bridgehead atoms. The van der Waals surface area contributed by atoms with Crippen LogP contribution in [0.3, 0.4) is 0 Å². The number of hydrogen-bond donors (Lipinski definition) is 2. The molecule has 0 aromatic heterocycles. The van der Waals surface area contributed by atoms with Crippen LogP contribution in [0.1, 0.15) is 0 Å². The summed E-state index contributed by atoms with van der Waals surface area (Å²) >= 11 is 0. The van der Waals surface area contributed by atoms with Gasteiger partial charge in [-0.3, -0.25) is 18.5 Å². The minimum Gasteiger partial charge on any atom is -0.380 e. The van der Waals surface area contributed by atoms with Gasteiger partial charge < -0.3 is 38.8 Å². The number of nitrogens with zero attached hydrogens (tertiary/aromatic N) is 6. The first-order valence-electron chi connectivity index (χ1n) is 15.5. The topological polar surface area (TPSA) is 181 Å². The lowest BCUT2D eigenvalue weighted by atomic mass is 9.98. The lowest BCUT2D eigenvalue weighted by molar-refractivity contribution is -0.118. The van der Waals surface area contributed by atoms with E-state index < -0.39 is 59.1 Å². The standard InChI is InChI=1S/C24H50B3N8O10P3/c1-30(2)46(37,33(7)14-24(28)36)40-16-19-10-35(13-22(26)44-19)48(39,32(5)6)42-17-20-11-34(12-23(27)45-20)47(38,31(3)4)41-15-18-8-29-9-21(25)43-18/h18-23,29H,8-17H2,1-7H3,(H2,28,36)/t18?,19-,20?,21+,22+,23+,46?,47?,48?/m0/s1. The molecule has 3 aliphatic heterocycles. The van der Waals surface area contributed by atoms with Crippen LogP contribution in [0.2, 0.25) is 0 Å². The van der Waals surface area contributed by atoms with Crippen molar-refractivity contribution in [1.82, 2.24) is 33.3 Å². The van der Waals surface area contributed by atoms with Crippen molar-refractivity contribution in [3.8, 4) is 0 Å². The molecule has 6 radical (unpaired) electrons. The summed E-state index contributed by atoms with van der Waals surface area (Å²) < 4.78 is 86.3. The smallest absolute Gasteiger partial charge is 0.345 e. The summed E-state index contributed by atoms with van der Waals surface area (Å²) in [5.41, 5.74) is 5.29. The SMILES string of the molecule is [B][C@H]1CNCC(COP(=O)(N(C)C)N2CC(COP(=O)(N(C)C)N3C[C@@H](COP(=O)(N(C)C)N(C)CC(N)=O)O[C@@H]([B])C3)O[C@@H]([B])C2)O1. The number of rotatable bonds is 17. The van der Waals surface area contributed by atoms with Gasteiger partial charge in [-0.05, 0) is 49.3 Å². The van der Waals surface area contributed by atoms with E-state index in [2.05, 4.69) is 5.32 Å². The van der Waals surface area contributed by atoms with Gasteiger partial charge in [0.05, 0.1) is 44.7 Å². The molecule has 18 nitrogen and oxygen atoms in total. The quantitative estimate of drug-likeness (QED) is 0.128. The number of nitrogens with one attached hydrogen (secondary N) is 1. The van der Waals surface area contributed by atoms with E-state index in [1.54, 1.807) is 51.6 Å². The van der Waals surface area contributed by atoms with Crippen LogP contribution in [0.15, 0.2) is 0 Å². The maximum atomic E-state index is 14.4. The van der Waals surface area contributed by atoms with Gasteiger partial charge in [0.15, 0.2) is 0 Å². The van der Waals surface area contributed by atoms with E-state index in [0.717, 1.165) is 0 Å². The summed E-state index contributed by atoms with van der Waals surface area (Å²) in [5.74, 6) is -0.672. The Hall–Kier alpha value is -0.165. The van der Waals surface area contributed by atoms with Crippen molar-refractivity contribution in [2.45, 2.75) is 36.3 Å². The van der Waals surface area contributed by atoms with E-state index >= 15 is 0 Å². The minimum atomic E-state index is -3.75. The monoisotopic (exact) mass is 736 g/mol. The molecule has 9 atom stereocenters. The van der Waals surface area contributed by atoms with Gasteiger partial charge in [0.25, 0.3) is 0 Å². The van der Waals surface area contributed by atoms with E-state index in [-0.39, 0.29) is 58.6 Å². The van der Waals surface area contributed by atoms with Crippen LogP contribution in [0, 0.1) is 0 Å². The van der Waals surface area contributed by atoms with E-state index in [9.17, 15) is 18.5 Å². The molecule has 0 aromatic rings. The number of carbonyl (C=O) groups is 1. The van der Waals surface area contributed by atoms with Gasteiger partial charge in [0.1, 0.15) is 23.5 Å². The van der Waals surface area contributed by atoms with Crippen molar-refractivity contribution >= 4 is 52.5 Å². The fraction of sp³-hybridized carbons (Fsp3) is 0.958. The highest BCUT2D eigenvalue weighted by Gasteiger charge is 2.45.